The van der Waals surface area contributed by atoms with Gasteiger partial charge in [-0.1, -0.05) is 0 Å². The van der Waals surface area contributed by atoms with E-state index < -0.39 is 12.0 Å². The predicted octanol–water partition coefficient (Wildman–Crippen LogP) is 3.44. The van der Waals surface area contributed by atoms with Crippen molar-refractivity contribution in [3.05, 3.63) is 11.9 Å². The van der Waals surface area contributed by atoms with Crippen molar-refractivity contribution < 1.29 is 18.3 Å². The second-order valence-electron chi connectivity index (χ2n) is 8.72. The van der Waals surface area contributed by atoms with Crippen LogP contribution in [0.2, 0.25) is 0 Å². The summed E-state index contributed by atoms with van der Waals surface area (Å²) in [6.07, 6.45) is 2.40. The lowest BCUT2D eigenvalue weighted by molar-refractivity contribution is 0.00721. The van der Waals surface area contributed by atoms with E-state index in [2.05, 4.69) is 10.00 Å². The number of nitrogens with zero attached hydrogens (tertiary/aromatic N) is 4. The average Bonchev–Trinajstić information content (AvgIpc) is 3.03. The second kappa shape index (κ2) is 8.23. The van der Waals surface area contributed by atoms with Crippen molar-refractivity contribution in [1.29, 1.82) is 0 Å². The topological polar surface area (TPSA) is 76.6 Å². The van der Waals surface area contributed by atoms with Crippen molar-refractivity contribution in [2.24, 2.45) is 0 Å². The van der Waals surface area contributed by atoms with E-state index in [-0.39, 0.29) is 23.5 Å². The molecule has 1 aromatic heterocycles. The molecule has 2 heterocycles. The van der Waals surface area contributed by atoms with Crippen LogP contribution in [-0.2, 0) is 4.74 Å². The molecule has 1 aromatic rings. The summed E-state index contributed by atoms with van der Waals surface area (Å²) in [6, 6.07) is 0.577. The number of alkyl halides is 2. The van der Waals surface area contributed by atoms with Gasteiger partial charge in [-0.3, -0.25) is 9.58 Å². The Bertz CT molecular complexity index is 672. The Labute approximate surface area is 164 Å². The Kier molecular flexibility index (Phi) is 6.12. The van der Waals surface area contributed by atoms with E-state index in [1.807, 2.05) is 20.8 Å². The molecule has 1 saturated carbocycles. The van der Waals surface area contributed by atoms with Crippen LogP contribution in [0, 0.1) is 0 Å². The van der Waals surface area contributed by atoms with Crippen molar-refractivity contribution >= 4 is 11.8 Å². The fourth-order valence-electron chi connectivity index (χ4n) is 4.06. The van der Waals surface area contributed by atoms with Gasteiger partial charge in [0.15, 0.2) is 5.69 Å². The van der Waals surface area contributed by atoms with Crippen molar-refractivity contribution in [1.82, 2.24) is 19.6 Å². The molecule has 0 unspecified atom stereocenters. The van der Waals surface area contributed by atoms with Crippen LogP contribution in [0.25, 0.3) is 0 Å². The van der Waals surface area contributed by atoms with Crippen LogP contribution < -0.4 is 5.73 Å². The van der Waals surface area contributed by atoms with Crippen molar-refractivity contribution in [2.45, 2.75) is 70.6 Å². The van der Waals surface area contributed by atoms with E-state index in [0.29, 0.717) is 19.1 Å². The molecular weight excluding hydrogens is 368 g/mol. The molecule has 1 amide bonds. The van der Waals surface area contributed by atoms with E-state index in [0.717, 1.165) is 38.8 Å². The summed E-state index contributed by atoms with van der Waals surface area (Å²) < 4.78 is 32.8. The van der Waals surface area contributed by atoms with Crippen molar-refractivity contribution in [3.8, 4) is 0 Å². The Balaban J connectivity index is 1.47. The molecule has 0 radical (unpaired) electrons. The molecular formula is C19H31F2N5O2. The number of nitrogen functional groups attached to an aromatic ring is 1. The molecule has 3 rings (SSSR count). The molecule has 0 bridgehead atoms. The maximum Gasteiger partial charge on any atom is 0.410 e. The molecule has 0 aromatic carbocycles. The van der Waals surface area contributed by atoms with Gasteiger partial charge in [-0.2, -0.15) is 5.10 Å². The third-order valence-electron chi connectivity index (χ3n) is 5.52. The summed E-state index contributed by atoms with van der Waals surface area (Å²) in [6.45, 7) is 8.62. The number of amides is 1. The lowest BCUT2D eigenvalue weighted by Gasteiger charge is -2.42. The first kappa shape index (κ1) is 20.8. The molecule has 0 atom stereocenters. The maximum atomic E-state index is 12.9. The van der Waals surface area contributed by atoms with Crippen LogP contribution >= 0.6 is 0 Å². The number of hydrogen-bond acceptors (Lipinski definition) is 5. The molecule has 158 valence electrons. The van der Waals surface area contributed by atoms with Crippen LogP contribution in [0.15, 0.2) is 6.20 Å². The van der Waals surface area contributed by atoms with Gasteiger partial charge in [-0.15, -0.1) is 0 Å². The van der Waals surface area contributed by atoms with Gasteiger partial charge in [-0.25, -0.2) is 13.6 Å². The number of piperazine rings is 1. The van der Waals surface area contributed by atoms with Gasteiger partial charge in [0.05, 0.1) is 11.7 Å². The minimum absolute atomic E-state index is 0.0652. The average molecular weight is 399 g/mol. The largest absolute Gasteiger partial charge is 0.444 e. The molecule has 2 fully saturated rings. The fourth-order valence-corrected chi connectivity index (χ4v) is 4.06. The number of hydrogen-bond donors (Lipinski definition) is 1. The Morgan fingerprint density at radius 3 is 2.21 bits per heavy atom. The van der Waals surface area contributed by atoms with Gasteiger partial charge < -0.3 is 15.4 Å². The molecule has 7 nitrogen and oxygen atoms in total. The minimum Gasteiger partial charge on any atom is -0.444 e. The number of ether oxygens (including phenoxy) is 1. The monoisotopic (exact) mass is 399 g/mol. The highest BCUT2D eigenvalue weighted by Gasteiger charge is 2.32. The van der Waals surface area contributed by atoms with Gasteiger partial charge in [0.1, 0.15) is 5.60 Å². The summed E-state index contributed by atoms with van der Waals surface area (Å²) >= 11 is 0. The van der Waals surface area contributed by atoms with E-state index in [1.165, 1.54) is 6.20 Å². The van der Waals surface area contributed by atoms with Crippen LogP contribution in [0.3, 0.4) is 0 Å². The number of carbonyl (C=O) groups is 1. The first-order valence-corrected chi connectivity index (χ1v) is 9.98. The van der Waals surface area contributed by atoms with Gasteiger partial charge in [0.25, 0.3) is 6.43 Å². The predicted molar refractivity (Wildman–Crippen MR) is 102 cm³/mol. The van der Waals surface area contributed by atoms with Crippen LogP contribution in [-0.4, -0.2) is 63.5 Å². The second-order valence-corrected chi connectivity index (χ2v) is 8.72. The van der Waals surface area contributed by atoms with Crippen molar-refractivity contribution in [3.63, 3.8) is 0 Å². The number of aromatic nitrogens is 2. The molecule has 28 heavy (non-hydrogen) atoms. The highest BCUT2D eigenvalue weighted by Crippen LogP contribution is 2.33. The van der Waals surface area contributed by atoms with E-state index in [1.54, 1.807) is 9.58 Å². The number of rotatable bonds is 3. The van der Waals surface area contributed by atoms with E-state index >= 15 is 0 Å². The van der Waals surface area contributed by atoms with Crippen LogP contribution in [0.1, 0.15) is 64.6 Å². The molecule has 1 aliphatic carbocycles. The van der Waals surface area contributed by atoms with Gasteiger partial charge in [0.2, 0.25) is 0 Å². The normalized spacial score (nSPS) is 24.6. The molecule has 9 heteroatoms. The van der Waals surface area contributed by atoms with Gasteiger partial charge in [0, 0.05) is 38.4 Å². The zero-order chi connectivity index (χ0) is 20.5. The Morgan fingerprint density at radius 2 is 1.71 bits per heavy atom. The smallest absolute Gasteiger partial charge is 0.410 e. The summed E-state index contributed by atoms with van der Waals surface area (Å²) in [5.41, 5.74) is 4.92. The lowest BCUT2D eigenvalue weighted by atomic mass is 9.90. The van der Waals surface area contributed by atoms with E-state index in [9.17, 15) is 13.6 Å². The Morgan fingerprint density at radius 1 is 1.14 bits per heavy atom. The first-order chi connectivity index (χ1) is 13.1. The standard InChI is InChI=1S/C19H31F2N5O2/c1-19(2,3)28-18(27)25-10-8-24(9-11-25)13-4-6-14(7-5-13)26-12-15(22)16(23-26)17(20)21/h12-14,17H,4-11,22H2,1-3H3. The van der Waals surface area contributed by atoms with Crippen LogP contribution in [0.5, 0.6) is 0 Å². The van der Waals surface area contributed by atoms with Gasteiger partial charge >= 0.3 is 6.09 Å². The fraction of sp³-hybridized carbons (Fsp3) is 0.789. The number of anilines is 1. The van der Waals surface area contributed by atoms with Crippen LogP contribution in [0.4, 0.5) is 19.3 Å². The highest BCUT2D eigenvalue weighted by atomic mass is 19.3. The lowest BCUT2D eigenvalue weighted by Crippen LogP contribution is -2.53. The number of carbonyl (C=O) groups excluding carboxylic acids is 1. The maximum absolute atomic E-state index is 12.9. The minimum atomic E-state index is -2.64. The Hall–Kier alpha value is -1.90. The quantitative estimate of drug-likeness (QED) is 0.843. The third kappa shape index (κ3) is 4.92. The van der Waals surface area contributed by atoms with Crippen molar-refractivity contribution in [2.75, 3.05) is 31.9 Å². The first-order valence-electron chi connectivity index (χ1n) is 9.98. The zero-order valence-electron chi connectivity index (χ0n) is 16.9. The SMILES string of the molecule is CC(C)(C)OC(=O)N1CCN(C2CCC(n3cc(N)c(C(F)F)n3)CC2)CC1. The molecule has 1 saturated heterocycles. The summed E-state index contributed by atoms with van der Waals surface area (Å²) in [4.78, 5) is 16.4. The summed E-state index contributed by atoms with van der Waals surface area (Å²) in [5.74, 6) is 0. The highest BCUT2D eigenvalue weighted by molar-refractivity contribution is 5.68. The summed E-state index contributed by atoms with van der Waals surface area (Å²) in [7, 11) is 0. The molecule has 0 spiro atoms. The van der Waals surface area contributed by atoms with E-state index in [4.69, 9.17) is 10.5 Å². The molecule has 2 N–H and O–H groups in total. The molecule has 2 aliphatic rings. The third-order valence-corrected chi connectivity index (χ3v) is 5.52. The zero-order valence-corrected chi connectivity index (χ0v) is 16.9. The van der Waals surface area contributed by atoms with Gasteiger partial charge in [-0.05, 0) is 46.5 Å². The molecule has 1 aliphatic heterocycles. The number of halogens is 2. The summed E-state index contributed by atoms with van der Waals surface area (Å²) in [5, 5.41) is 4.00. The number of nitrogens with two attached hydrogens (primary N) is 1.